The maximum absolute atomic E-state index is 12.3. The SMILES string of the molecule is O=C1CC[C@@]2(c3ccccc3)O[C@H](c3ccccc3)CN12. The van der Waals surface area contributed by atoms with Gasteiger partial charge < -0.3 is 9.64 Å². The number of amides is 1. The Morgan fingerprint density at radius 2 is 1.67 bits per heavy atom. The minimum absolute atomic E-state index is 0.0457. The molecule has 0 radical (unpaired) electrons. The fourth-order valence-corrected chi connectivity index (χ4v) is 3.47. The lowest BCUT2D eigenvalue weighted by molar-refractivity contribution is -0.140. The van der Waals surface area contributed by atoms with E-state index in [1.165, 1.54) is 0 Å². The summed E-state index contributed by atoms with van der Waals surface area (Å²) in [6, 6.07) is 20.3. The van der Waals surface area contributed by atoms with E-state index in [0.29, 0.717) is 13.0 Å². The van der Waals surface area contributed by atoms with Gasteiger partial charge in [0.1, 0.15) is 6.10 Å². The largest absolute Gasteiger partial charge is 0.341 e. The summed E-state index contributed by atoms with van der Waals surface area (Å²) >= 11 is 0. The Hall–Kier alpha value is -2.13. The zero-order valence-corrected chi connectivity index (χ0v) is 11.7. The van der Waals surface area contributed by atoms with Gasteiger partial charge in [0.15, 0.2) is 5.72 Å². The number of fused-ring (bicyclic) bond motifs is 1. The molecule has 106 valence electrons. The number of carbonyl (C=O) groups excluding carboxylic acids is 1. The van der Waals surface area contributed by atoms with E-state index in [0.717, 1.165) is 17.5 Å². The lowest BCUT2D eigenvalue weighted by Gasteiger charge is -2.31. The van der Waals surface area contributed by atoms with Crippen molar-refractivity contribution >= 4 is 5.91 Å². The summed E-state index contributed by atoms with van der Waals surface area (Å²) in [6.45, 7) is 0.637. The normalized spacial score (nSPS) is 27.9. The second-order valence-electron chi connectivity index (χ2n) is 5.67. The average molecular weight is 279 g/mol. The second kappa shape index (κ2) is 4.71. The predicted octanol–water partition coefficient (Wildman–Crippen LogP) is 3.23. The molecule has 0 saturated carbocycles. The fourth-order valence-electron chi connectivity index (χ4n) is 3.47. The molecule has 0 spiro atoms. The first kappa shape index (κ1) is 12.6. The standard InChI is InChI=1S/C18H17NO2/c20-17-11-12-18(15-9-5-2-6-10-15)19(17)13-16(21-18)14-7-3-1-4-8-14/h1-10,16H,11-13H2/t16-,18-/m0/s1. The van der Waals surface area contributed by atoms with Gasteiger partial charge in [-0.2, -0.15) is 0 Å². The molecule has 4 rings (SSSR count). The molecule has 0 N–H and O–H groups in total. The van der Waals surface area contributed by atoms with Gasteiger partial charge in [0.2, 0.25) is 5.91 Å². The average Bonchev–Trinajstić information content (AvgIpc) is 3.08. The molecule has 2 aromatic carbocycles. The summed E-state index contributed by atoms with van der Waals surface area (Å²) < 4.78 is 6.42. The fraction of sp³-hybridized carbons (Fsp3) is 0.278. The monoisotopic (exact) mass is 279 g/mol. The predicted molar refractivity (Wildman–Crippen MR) is 79.3 cm³/mol. The van der Waals surface area contributed by atoms with E-state index in [4.69, 9.17) is 4.74 Å². The molecule has 2 atom stereocenters. The maximum Gasteiger partial charge on any atom is 0.225 e. The van der Waals surface area contributed by atoms with Crippen LogP contribution in [0, 0.1) is 0 Å². The lowest BCUT2D eigenvalue weighted by atomic mass is 10.0. The summed E-state index contributed by atoms with van der Waals surface area (Å²) in [7, 11) is 0. The Bertz CT molecular complexity index is 655. The Balaban J connectivity index is 1.74. The van der Waals surface area contributed by atoms with Crippen molar-refractivity contribution in [3.05, 3.63) is 71.8 Å². The van der Waals surface area contributed by atoms with E-state index >= 15 is 0 Å². The Morgan fingerprint density at radius 3 is 2.38 bits per heavy atom. The quantitative estimate of drug-likeness (QED) is 0.844. The van der Waals surface area contributed by atoms with E-state index < -0.39 is 5.72 Å². The van der Waals surface area contributed by atoms with E-state index in [2.05, 4.69) is 24.3 Å². The first-order valence-corrected chi connectivity index (χ1v) is 7.38. The van der Waals surface area contributed by atoms with Crippen LogP contribution < -0.4 is 0 Å². The molecule has 2 aromatic rings. The molecule has 3 nitrogen and oxygen atoms in total. The van der Waals surface area contributed by atoms with E-state index in [1.54, 1.807) is 0 Å². The minimum atomic E-state index is -0.571. The van der Waals surface area contributed by atoms with Crippen LogP contribution in [-0.4, -0.2) is 17.4 Å². The van der Waals surface area contributed by atoms with Crippen molar-refractivity contribution in [1.29, 1.82) is 0 Å². The van der Waals surface area contributed by atoms with E-state index in [9.17, 15) is 4.79 Å². The van der Waals surface area contributed by atoms with Gasteiger partial charge in [-0.25, -0.2) is 0 Å². The molecular formula is C18H17NO2. The summed E-state index contributed by atoms with van der Waals surface area (Å²) in [6.07, 6.45) is 1.26. The number of ether oxygens (including phenoxy) is 1. The minimum Gasteiger partial charge on any atom is -0.341 e. The number of benzene rings is 2. The summed E-state index contributed by atoms with van der Waals surface area (Å²) in [4.78, 5) is 14.2. The number of carbonyl (C=O) groups is 1. The third-order valence-corrected chi connectivity index (χ3v) is 4.50. The Labute approximate surface area is 124 Å². The van der Waals surface area contributed by atoms with Crippen molar-refractivity contribution in [2.45, 2.75) is 24.7 Å². The smallest absolute Gasteiger partial charge is 0.225 e. The third-order valence-electron chi connectivity index (χ3n) is 4.50. The second-order valence-corrected chi connectivity index (χ2v) is 5.67. The van der Waals surface area contributed by atoms with Crippen LogP contribution in [0.4, 0.5) is 0 Å². The molecule has 0 bridgehead atoms. The van der Waals surface area contributed by atoms with Crippen molar-refractivity contribution in [2.24, 2.45) is 0 Å². The van der Waals surface area contributed by atoms with Crippen molar-refractivity contribution in [1.82, 2.24) is 4.90 Å². The van der Waals surface area contributed by atoms with Gasteiger partial charge in [-0.3, -0.25) is 4.79 Å². The van der Waals surface area contributed by atoms with Crippen molar-refractivity contribution in [3.8, 4) is 0 Å². The van der Waals surface area contributed by atoms with Gasteiger partial charge in [0.05, 0.1) is 6.54 Å². The van der Waals surface area contributed by atoms with Gasteiger partial charge in [0, 0.05) is 18.4 Å². The molecule has 21 heavy (non-hydrogen) atoms. The molecular weight excluding hydrogens is 262 g/mol. The first-order valence-electron chi connectivity index (χ1n) is 7.38. The molecule has 2 aliphatic rings. The highest BCUT2D eigenvalue weighted by Gasteiger charge is 2.54. The molecule has 2 heterocycles. The zero-order chi connectivity index (χ0) is 14.3. The van der Waals surface area contributed by atoms with Gasteiger partial charge >= 0.3 is 0 Å². The highest BCUT2D eigenvalue weighted by Crippen LogP contribution is 2.49. The zero-order valence-electron chi connectivity index (χ0n) is 11.7. The van der Waals surface area contributed by atoms with Gasteiger partial charge in [0.25, 0.3) is 0 Å². The molecule has 0 aliphatic carbocycles. The van der Waals surface area contributed by atoms with Crippen LogP contribution in [0.1, 0.15) is 30.1 Å². The Kier molecular flexibility index (Phi) is 2.82. The topological polar surface area (TPSA) is 29.5 Å². The van der Waals surface area contributed by atoms with Crippen LogP contribution in [0.5, 0.6) is 0 Å². The molecule has 0 unspecified atom stereocenters. The molecule has 0 aromatic heterocycles. The van der Waals surface area contributed by atoms with E-state index in [1.807, 2.05) is 41.3 Å². The van der Waals surface area contributed by atoms with Crippen molar-refractivity contribution in [3.63, 3.8) is 0 Å². The van der Waals surface area contributed by atoms with Crippen molar-refractivity contribution < 1.29 is 9.53 Å². The van der Waals surface area contributed by atoms with Crippen LogP contribution >= 0.6 is 0 Å². The molecule has 2 saturated heterocycles. The molecule has 2 aliphatic heterocycles. The number of hydrogen-bond acceptors (Lipinski definition) is 2. The molecule has 3 heteroatoms. The van der Waals surface area contributed by atoms with Crippen molar-refractivity contribution in [2.75, 3.05) is 6.54 Å². The van der Waals surface area contributed by atoms with Gasteiger partial charge in [-0.05, 0) is 5.56 Å². The third kappa shape index (κ3) is 1.88. The van der Waals surface area contributed by atoms with Crippen LogP contribution in [0.15, 0.2) is 60.7 Å². The molecule has 2 fully saturated rings. The Morgan fingerprint density at radius 1 is 1.00 bits per heavy atom. The van der Waals surface area contributed by atoms with Crippen LogP contribution in [0.25, 0.3) is 0 Å². The van der Waals surface area contributed by atoms with Gasteiger partial charge in [-0.15, -0.1) is 0 Å². The molecule has 1 amide bonds. The number of hydrogen-bond donors (Lipinski definition) is 0. The number of nitrogens with zero attached hydrogens (tertiary/aromatic N) is 1. The highest BCUT2D eigenvalue weighted by atomic mass is 16.5. The van der Waals surface area contributed by atoms with Crippen LogP contribution in [-0.2, 0) is 15.3 Å². The summed E-state index contributed by atoms with van der Waals surface area (Å²) in [5.74, 6) is 0.192. The highest BCUT2D eigenvalue weighted by molar-refractivity contribution is 5.80. The first-order chi connectivity index (χ1) is 10.3. The lowest BCUT2D eigenvalue weighted by Crippen LogP contribution is -2.38. The van der Waals surface area contributed by atoms with Crippen LogP contribution in [0.3, 0.4) is 0 Å². The number of rotatable bonds is 2. The summed E-state index contributed by atoms with van der Waals surface area (Å²) in [5, 5.41) is 0. The van der Waals surface area contributed by atoms with Gasteiger partial charge in [-0.1, -0.05) is 60.7 Å². The van der Waals surface area contributed by atoms with Crippen LogP contribution in [0.2, 0.25) is 0 Å². The summed E-state index contributed by atoms with van der Waals surface area (Å²) in [5.41, 5.74) is 1.64. The maximum atomic E-state index is 12.3. The van der Waals surface area contributed by atoms with E-state index in [-0.39, 0.29) is 12.0 Å².